The van der Waals surface area contributed by atoms with E-state index in [9.17, 15) is 0 Å². The first-order valence-corrected chi connectivity index (χ1v) is 8.11. The molecular weight excluding hydrogens is 246 g/mol. The Morgan fingerprint density at radius 2 is 1.40 bits per heavy atom. The largest absolute Gasteiger partial charge is 0.375 e. The van der Waals surface area contributed by atoms with Crippen molar-refractivity contribution in [2.24, 2.45) is 10.8 Å². The molecule has 2 heteroatoms. The van der Waals surface area contributed by atoms with Crippen molar-refractivity contribution < 1.29 is 4.74 Å². The number of hydrogen-bond acceptors (Lipinski definition) is 2. The van der Waals surface area contributed by atoms with Crippen LogP contribution in [0.5, 0.6) is 0 Å². The molecule has 0 aromatic rings. The van der Waals surface area contributed by atoms with Gasteiger partial charge in [-0.3, -0.25) is 0 Å². The Bertz CT molecular complexity index is 282. The number of rotatable bonds is 8. The maximum absolute atomic E-state index is 6.30. The zero-order valence-corrected chi connectivity index (χ0v) is 15.7. The van der Waals surface area contributed by atoms with Crippen LogP contribution >= 0.6 is 0 Å². The Morgan fingerprint density at radius 1 is 0.900 bits per heavy atom. The average Bonchev–Trinajstić information content (AvgIpc) is 2.25. The zero-order valence-electron chi connectivity index (χ0n) is 15.7. The van der Waals surface area contributed by atoms with Crippen molar-refractivity contribution >= 4 is 0 Å². The van der Waals surface area contributed by atoms with Gasteiger partial charge in [0.1, 0.15) is 0 Å². The molecular formula is C18H39NO. The smallest absolute Gasteiger partial charge is 0.0677 e. The van der Waals surface area contributed by atoms with Gasteiger partial charge in [0, 0.05) is 12.1 Å². The lowest BCUT2D eigenvalue weighted by Crippen LogP contribution is -2.46. The lowest BCUT2D eigenvalue weighted by molar-refractivity contribution is -0.114. The second kappa shape index (κ2) is 6.79. The van der Waals surface area contributed by atoms with E-state index in [0.29, 0.717) is 5.41 Å². The predicted molar refractivity (Wildman–Crippen MR) is 90.3 cm³/mol. The number of ether oxygens (including phenoxy) is 1. The molecule has 1 N–H and O–H groups in total. The summed E-state index contributed by atoms with van der Waals surface area (Å²) in [4.78, 5) is 0. The van der Waals surface area contributed by atoms with E-state index in [0.717, 1.165) is 25.9 Å². The van der Waals surface area contributed by atoms with Crippen LogP contribution in [0.2, 0.25) is 0 Å². The Morgan fingerprint density at radius 3 is 1.75 bits per heavy atom. The quantitative estimate of drug-likeness (QED) is 0.676. The molecule has 0 aromatic carbocycles. The van der Waals surface area contributed by atoms with Crippen molar-refractivity contribution in [2.45, 2.75) is 92.7 Å². The predicted octanol–water partition coefficient (Wildman–Crippen LogP) is 5.02. The summed E-state index contributed by atoms with van der Waals surface area (Å²) in [6.45, 7) is 21.4. The van der Waals surface area contributed by atoms with Crippen LogP contribution in [-0.2, 0) is 4.74 Å². The molecule has 20 heavy (non-hydrogen) atoms. The van der Waals surface area contributed by atoms with E-state index in [2.05, 4.69) is 67.6 Å². The molecule has 0 rings (SSSR count). The summed E-state index contributed by atoms with van der Waals surface area (Å²) in [6.07, 6.45) is 3.33. The number of hydrogen-bond donors (Lipinski definition) is 1. The highest BCUT2D eigenvalue weighted by molar-refractivity contribution is 4.91. The van der Waals surface area contributed by atoms with Crippen molar-refractivity contribution in [2.75, 3.05) is 13.7 Å². The highest BCUT2D eigenvalue weighted by Gasteiger charge is 2.40. The Hall–Kier alpha value is -0.0800. The van der Waals surface area contributed by atoms with Crippen LogP contribution in [0.4, 0.5) is 0 Å². The van der Waals surface area contributed by atoms with Gasteiger partial charge in [-0.15, -0.1) is 0 Å². The monoisotopic (exact) mass is 285 g/mol. The summed E-state index contributed by atoms with van der Waals surface area (Å²) >= 11 is 0. The molecule has 0 aromatic heterocycles. The SMILES string of the molecule is CCC(C)(CCOC(C)(C)C(C)(C)CC(C)(C)C)NC. The fourth-order valence-electron chi connectivity index (χ4n) is 2.74. The van der Waals surface area contributed by atoms with Gasteiger partial charge in [0.15, 0.2) is 0 Å². The van der Waals surface area contributed by atoms with Gasteiger partial charge in [-0.25, -0.2) is 0 Å². The molecule has 0 fully saturated rings. The van der Waals surface area contributed by atoms with E-state index in [1.807, 2.05) is 7.05 Å². The molecule has 122 valence electrons. The molecule has 0 radical (unpaired) electrons. The molecule has 0 amide bonds. The first-order chi connectivity index (χ1) is 8.79. The van der Waals surface area contributed by atoms with Gasteiger partial charge in [0.2, 0.25) is 0 Å². The molecule has 2 nitrogen and oxygen atoms in total. The molecule has 0 saturated carbocycles. The highest BCUT2D eigenvalue weighted by atomic mass is 16.5. The van der Waals surface area contributed by atoms with E-state index in [-0.39, 0.29) is 16.6 Å². The fraction of sp³-hybridized carbons (Fsp3) is 1.00. The second-order valence-corrected chi connectivity index (χ2v) is 8.89. The van der Waals surface area contributed by atoms with Crippen LogP contribution in [0.1, 0.15) is 81.6 Å². The summed E-state index contributed by atoms with van der Waals surface area (Å²) in [7, 11) is 2.04. The van der Waals surface area contributed by atoms with E-state index < -0.39 is 0 Å². The summed E-state index contributed by atoms with van der Waals surface area (Å²) in [6, 6.07) is 0. The average molecular weight is 286 g/mol. The second-order valence-electron chi connectivity index (χ2n) is 8.89. The first-order valence-electron chi connectivity index (χ1n) is 8.11. The van der Waals surface area contributed by atoms with Crippen molar-refractivity contribution in [1.29, 1.82) is 0 Å². The van der Waals surface area contributed by atoms with E-state index in [1.165, 1.54) is 0 Å². The molecule has 0 aliphatic carbocycles. The third-order valence-corrected chi connectivity index (χ3v) is 5.10. The Kier molecular flexibility index (Phi) is 6.76. The molecule has 0 aliphatic rings. The Labute approximate surface area is 128 Å². The first kappa shape index (κ1) is 19.9. The van der Waals surface area contributed by atoms with Crippen molar-refractivity contribution in [3.8, 4) is 0 Å². The minimum Gasteiger partial charge on any atom is -0.375 e. The minimum absolute atomic E-state index is 0.108. The van der Waals surface area contributed by atoms with Crippen LogP contribution in [0, 0.1) is 10.8 Å². The van der Waals surface area contributed by atoms with Gasteiger partial charge in [-0.2, -0.15) is 0 Å². The lowest BCUT2D eigenvalue weighted by atomic mass is 9.67. The fourth-order valence-corrected chi connectivity index (χ4v) is 2.74. The zero-order chi connectivity index (χ0) is 16.2. The van der Waals surface area contributed by atoms with Gasteiger partial charge in [-0.05, 0) is 57.9 Å². The molecule has 1 atom stereocenters. The van der Waals surface area contributed by atoms with E-state index in [1.54, 1.807) is 0 Å². The van der Waals surface area contributed by atoms with Crippen LogP contribution in [0.3, 0.4) is 0 Å². The minimum atomic E-state index is -0.108. The van der Waals surface area contributed by atoms with Gasteiger partial charge < -0.3 is 10.1 Å². The van der Waals surface area contributed by atoms with Crippen LogP contribution < -0.4 is 5.32 Å². The normalized spacial score (nSPS) is 17.1. The molecule has 0 saturated heterocycles. The van der Waals surface area contributed by atoms with Crippen LogP contribution in [-0.4, -0.2) is 24.8 Å². The van der Waals surface area contributed by atoms with Gasteiger partial charge in [-0.1, -0.05) is 41.5 Å². The standard InChI is InChI=1S/C18H39NO/c1-11-18(9,19-10)12-13-20-17(7,8)16(5,6)14-15(2,3)4/h19H,11-14H2,1-10H3. The van der Waals surface area contributed by atoms with Gasteiger partial charge in [0.25, 0.3) is 0 Å². The summed E-state index contributed by atoms with van der Waals surface area (Å²) in [5.41, 5.74) is 0.563. The summed E-state index contributed by atoms with van der Waals surface area (Å²) in [5.74, 6) is 0. The Balaban J connectivity index is 4.59. The van der Waals surface area contributed by atoms with Gasteiger partial charge >= 0.3 is 0 Å². The summed E-state index contributed by atoms with van der Waals surface area (Å²) < 4.78 is 6.30. The number of nitrogens with one attached hydrogen (secondary N) is 1. The van der Waals surface area contributed by atoms with Crippen molar-refractivity contribution in [3.05, 3.63) is 0 Å². The molecule has 0 bridgehead atoms. The maximum Gasteiger partial charge on any atom is 0.0677 e. The molecule has 1 unspecified atom stereocenters. The molecule has 0 heterocycles. The maximum atomic E-state index is 6.30. The third kappa shape index (κ3) is 6.13. The van der Waals surface area contributed by atoms with E-state index >= 15 is 0 Å². The van der Waals surface area contributed by atoms with Gasteiger partial charge in [0.05, 0.1) is 5.60 Å². The molecule has 0 spiro atoms. The summed E-state index contributed by atoms with van der Waals surface area (Å²) in [5, 5.41) is 3.41. The topological polar surface area (TPSA) is 21.3 Å². The highest BCUT2D eigenvalue weighted by Crippen LogP contribution is 2.43. The third-order valence-electron chi connectivity index (χ3n) is 5.10. The molecule has 0 aliphatic heterocycles. The van der Waals surface area contributed by atoms with Crippen LogP contribution in [0.15, 0.2) is 0 Å². The lowest BCUT2D eigenvalue weighted by Gasteiger charge is -2.45. The van der Waals surface area contributed by atoms with Crippen molar-refractivity contribution in [3.63, 3.8) is 0 Å². The van der Waals surface area contributed by atoms with Crippen LogP contribution in [0.25, 0.3) is 0 Å². The van der Waals surface area contributed by atoms with Crippen molar-refractivity contribution in [1.82, 2.24) is 5.32 Å². The van der Waals surface area contributed by atoms with E-state index in [4.69, 9.17) is 4.74 Å².